The summed E-state index contributed by atoms with van der Waals surface area (Å²) in [4.78, 5) is 49.1. The maximum absolute atomic E-state index is 12.5. The van der Waals surface area contributed by atoms with Crippen LogP contribution in [0.5, 0.6) is 0 Å². The summed E-state index contributed by atoms with van der Waals surface area (Å²) in [6.45, 7) is 3.55. The summed E-state index contributed by atoms with van der Waals surface area (Å²) < 4.78 is 5.15. The molecule has 13 heteroatoms. The first-order chi connectivity index (χ1) is 13.6. The fourth-order valence-corrected chi connectivity index (χ4v) is 3.72. The van der Waals surface area contributed by atoms with Gasteiger partial charge in [-0.3, -0.25) is 9.59 Å². The minimum absolute atomic E-state index is 0.0307. The van der Waals surface area contributed by atoms with Crippen molar-refractivity contribution in [1.82, 2.24) is 15.1 Å². The van der Waals surface area contributed by atoms with Gasteiger partial charge in [0, 0.05) is 14.1 Å². The molecule has 0 saturated heterocycles. The number of aromatic nitrogens is 2. The van der Waals surface area contributed by atoms with Crippen LogP contribution in [-0.2, 0) is 4.74 Å². The lowest BCUT2D eigenvalue weighted by atomic mass is 10.1. The molecule has 0 unspecified atom stereocenters. The fraction of sp³-hybridized carbons (Fsp3) is 0.375. The van der Waals surface area contributed by atoms with Crippen molar-refractivity contribution < 1.29 is 24.0 Å². The normalized spacial score (nSPS) is 10.5. The second-order valence-electron chi connectivity index (χ2n) is 6.04. The van der Waals surface area contributed by atoms with Gasteiger partial charge in [0.2, 0.25) is 0 Å². The van der Waals surface area contributed by atoms with E-state index < -0.39 is 33.3 Å². The molecule has 2 aromatic heterocycles. The third kappa shape index (κ3) is 4.54. The van der Waals surface area contributed by atoms with Crippen LogP contribution in [0.4, 0.5) is 10.8 Å². The molecule has 0 fully saturated rings. The number of carbonyl (C=O) groups excluding carboxylic acids is 3. The number of nitrogens with one attached hydrogen (secondary N) is 2. The van der Waals surface area contributed by atoms with Crippen molar-refractivity contribution in [1.29, 1.82) is 0 Å². The molecule has 0 radical (unpaired) electrons. The highest BCUT2D eigenvalue weighted by atomic mass is 35.5. The molecule has 2 heterocycles. The largest absolute Gasteiger partial charge is 0.462 e. The Bertz CT molecular complexity index is 983. The molecule has 0 bridgehead atoms. The molecule has 29 heavy (non-hydrogen) atoms. The highest BCUT2D eigenvalue weighted by molar-refractivity contribution is 7.18. The first-order valence-corrected chi connectivity index (χ1v) is 9.51. The van der Waals surface area contributed by atoms with Crippen molar-refractivity contribution in [3.05, 3.63) is 36.8 Å². The molecule has 0 aliphatic heterocycles. The predicted molar refractivity (Wildman–Crippen MR) is 106 cm³/mol. The SMILES string of the molecule is CCCOC(=O)c1c(NC(=O)c2n[nH]c([N+](=O)[O-])c2Cl)sc(C(=O)N(C)C)c1C. The summed E-state index contributed by atoms with van der Waals surface area (Å²) in [6, 6.07) is 0. The van der Waals surface area contributed by atoms with E-state index in [9.17, 15) is 24.5 Å². The number of hydrogen-bond acceptors (Lipinski definition) is 8. The Labute approximate surface area is 174 Å². The van der Waals surface area contributed by atoms with Gasteiger partial charge in [-0.05, 0) is 23.8 Å². The van der Waals surface area contributed by atoms with Crippen molar-refractivity contribution in [2.75, 3.05) is 26.0 Å². The van der Waals surface area contributed by atoms with E-state index in [1.165, 1.54) is 4.90 Å². The summed E-state index contributed by atoms with van der Waals surface area (Å²) in [6.07, 6.45) is 0.590. The minimum atomic E-state index is -0.881. The van der Waals surface area contributed by atoms with Crippen molar-refractivity contribution in [2.45, 2.75) is 20.3 Å². The summed E-state index contributed by atoms with van der Waals surface area (Å²) in [5.41, 5.74) is -0.0369. The number of hydrogen-bond donors (Lipinski definition) is 2. The van der Waals surface area contributed by atoms with Crippen molar-refractivity contribution in [2.24, 2.45) is 0 Å². The number of halogens is 1. The summed E-state index contributed by atoms with van der Waals surface area (Å²) in [7, 11) is 3.11. The third-order valence-corrected chi connectivity index (χ3v) is 5.26. The summed E-state index contributed by atoms with van der Waals surface area (Å²) in [5.74, 6) is -2.57. The summed E-state index contributed by atoms with van der Waals surface area (Å²) in [5, 5.41) is 18.5. The second-order valence-corrected chi connectivity index (χ2v) is 7.44. The van der Waals surface area contributed by atoms with Gasteiger partial charge >= 0.3 is 11.8 Å². The first kappa shape index (κ1) is 22.3. The topological polar surface area (TPSA) is 148 Å². The number of ether oxygens (including phenoxy) is 1. The number of rotatable bonds is 7. The molecular weight excluding hydrogens is 426 g/mol. The Kier molecular flexibility index (Phi) is 6.93. The molecule has 156 valence electrons. The Morgan fingerprint density at radius 3 is 2.55 bits per heavy atom. The van der Waals surface area contributed by atoms with Gasteiger partial charge in [-0.1, -0.05) is 23.6 Å². The highest BCUT2D eigenvalue weighted by Gasteiger charge is 2.30. The molecule has 0 atom stereocenters. The van der Waals surface area contributed by atoms with E-state index in [1.807, 2.05) is 6.92 Å². The standard InChI is InChI=1S/C16H18ClN5O6S/c1-5-6-28-16(25)8-7(2)11(15(24)21(3)4)29-14(8)18-13(23)10-9(17)12(20-19-10)22(26)27/h5-6H2,1-4H3,(H,18,23)(H,19,20). The van der Waals surface area contributed by atoms with Gasteiger partial charge in [-0.2, -0.15) is 0 Å². The minimum Gasteiger partial charge on any atom is -0.462 e. The number of carbonyl (C=O) groups is 3. The average molecular weight is 444 g/mol. The second kappa shape index (κ2) is 9.01. The van der Waals surface area contributed by atoms with E-state index in [-0.39, 0.29) is 28.0 Å². The number of thiophene rings is 1. The monoisotopic (exact) mass is 443 g/mol. The van der Waals surface area contributed by atoms with E-state index in [2.05, 4.69) is 15.5 Å². The third-order valence-electron chi connectivity index (χ3n) is 3.70. The lowest BCUT2D eigenvalue weighted by Gasteiger charge is -2.09. The molecule has 2 N–H and O–H groups in total. The zero-order chi connectivity index (χ0) is 21.9. The van der Waals surface area contributed by atoms with Crippen LogP contribution in [0.15, 0.2) is 0 Å². The van der Waals surface area contributed by atoms with Crippen LogP contribution in [0, 0.1) is 17.0 Å². The molecule has 2 amide bonds. The zero-order valence-electron chi connectivity index (χ0n) is 16.0. The van der Waals surface area contributed by atoms with Gasteiger partial charge in [0.1, 0.15) is 5.00 Å². The summed E-state index contributed by atoms with van der Waals surface area (Å²) >= 11 is 6.72. The molecule has 0 aromatic carbocycles. The van der Waals surface area contributed by atoms with Gasteiger partial charge in [0.05, 0.1) is 17.0 Å². The predicted octanol–water partition coefficient (Wildman–Crippen LogP) is 2.86. The van der Waals surface area contributed by atoms with Crippen LogP contribution in [0.3, 0.4) is 0 Å². The average Bonchev–Trinajstić information content (AvgIpc) is 3.19. The number of nitrogens with zero attached hydrogens (tertiary/aromatic N) is 3. The highest BCUT2D eigenvalue weighted by Crippen LogP contribution is 2.35. The maximum atomic E-state index is 12.5. The fourth-order valence-electron chi connectivity index (χ4n) is 2.27. The van der Waals surface area contributed by atoms with Crippen LogP contribution >= 0.6 is 22.9 Å². The number of H-pyrrole nitrogens is 1. The molecule has 2 aromatic rings. The van der Waals surface area contributed by atoms with Gasteiger partial charge < -0.3 is 25.1 Å². The Morgan fingerprint density at radius 2 is 2.03 bits per heavy atom. The van der Waals surface area contributed by atoms with Gasteiger partial charge in [-0.25, -0.2) is 4.79 Å². The molecule has 0 spiro atoms. The number of anilines is 1. The van der Waals surface area contributed by atoms with Crippen LogP contribution in [0.2, 0.25) is 5.02 Å². The Morgan fingerprint density at radius 1 is 1.38 bits per heavy atom. The van der Waals surface area contributed by atoms with Crippen molar-refractivity contribution in [3.8, 4) is 0 Å². The van der Waals surface area contributed by atoms with E-state index in [0.717, 1.165) is 11.3 Å². The number of amides is 2. The maximum Gasteiger partial charge on any atom is 0.362 e. The van der Waals surface area contributed by atoms with E-state index in [4.69, 9.17) is 16.3 Å². The Balaban J connectivity index is 2.46. The van der Waals surface area contributed by atoms with Gasteiger partial charge in [-0.15, -0.1) is 16.4 Å². The van der Waals surface area contributed by atoms with Crippen molar-refractivity contribution >= 4 is 51.5 Å². The van der Waals surface area contributed by atoms with E-state index >= 15 is 0 Å². The molecule has 11 nitrogen and oxygen atoms in total. The van der Waals surface area contributed by atoms with Crippen LogP contribution in [-0.4, -0.2) is 58.5 Å². The molecule has 0 aliphatic rings. The molecular formula is C16H18ClN5O6S. The molecule has 0 saturated carbocycles. The molecule has 2 rings (SSSR count). The van der Waals surface area contributed by atoms with Crippen LogP contribution < -0.4 is 5.32 Å². The quantitative estimate of drug-likeness (QED) is 0.379. The lowest BCUT2D eigenvalue weighted by molar-refractivity contribution is -0.389. The number of aromatic amines is 1. The number of nitro groups is 1. The van der Waals surface area contributed by atoms with Crippen LogP contribution in [0.25, 0.3) is 0 Å². The zero-order valence-corrected chi connectivity index (χ0v) is 17.6. The van der Waals surface area contributed by atoms with E-state index in [0.29, 0.717) is 12.0 Å². The van der Waals surface area contributed by atoms with Gasteiger partial charge in [0.25, 0.3) is 11.8 Å². The lowest BCUT2D eigenvalue weighted by Crippen LogP contribution is -2.21. The Hall–Kier alpha value is -2.99. The van der Waals surface area contributed by atoms with Crippen molar-refractivity contribution in [3.63, 3.8) is 0 Å². The molecule has 0 aliphatic carbocycles. The smallest absolute Gasteiger partial charge is 0.362 e. The number of esters is 1. The van der Waals surface area contributed by atoms with E-state index in [1.54, 1.807) is 21.0 Å². The van der Waals surface area contributed by atoms with Gasteiger partial charge in [0.15, 0.2) is 10.7 Å². The first-order valence-electron chi connectivity index (χ1n) is 8.31. The van der Waals surface area contributed by atoms with Crippen LogP contribution in [0.1, 0.15) is 49.4 Å².